The van der Waals surface area contributed by atoms with Crippen molar-refractivity contribution in [2.75, 3.05) is 0 Å². The van der Waals surface area contributed by atoms with E-state index in [1.807, 2.05) is 0 Å². The van der Waals surface area contributed by atoms with Crippen molar-refractivity contribution < 1.29 is 18.4 Å². The number of rotatable bonds is 4. The van der Waals surface area contributed by atoms with Gasteiger partial charge in [0.1, 0.15) is 17.9 Å². The van der Waals surface area contributed by atoms with Crippen LogP contribution in [0.5, 0.6) is 0 Å². The zero-order chi connectivity index (χ0) is 19.9. The number of oxazole rings is 1. The number of nitrogens with zero attached hydrogens (tertiary/aromatic N) is 2. The van der Waals surface area contributed by atoms with Gasteiger partial charge in [0, 0.05) is 10.6 Å². The second kappa shape index (κ2) is 6.76. The van der Waals surface area contributed by atoms with Gasteiger partial charge < -0.3 is 9.73 Å². The number of benzene rings is 2. The lowest BCUT2D eigenvalue weighted by Gasteiger charge is -2.22. The standard InChI is InChI=1S/C20H15ClFN3O3/c1-20(13-4-6-14(21)7-5-13)18(26)25(19(27)24-20)11-17-23-10-16(28-17)12-2-8-15(22)9-3-12/h2-10H,11H2,1H3,(H,24,27). The van der Waals surface area contributed by atoms with E-state index in [-0.39, 0.29) is 18.3 Å². The summed E-state index contributed by atoms with van der Waals surface area (Å²) in [6.45, 7) is 1.52. The molecule has 1 aliphatic rings. The molecule has 4 rings (SSSR count). The second-order valence-electron chi connectivity index (χ2n) is 6.58. The fourth-order valence-corrected chi connectivity index (χ4v) is 3.21. The summed E-state index contributed by atoms with van der Waals surface area (Å²) < 4.78 is 18.7. The summed E-state index contributed by atoms with van der Waals surface area (Å²) in [4.78, 5) is 30.5. The van der Waals surface area contributed by atoms with Gasteiger partial charge in [-0.2, -0.15) is 0 Å². The molecule has 0 saturated carbocycles. The Kier molecular flexibility index (Phi) is 4.39. The number of hydrogen-bond acceptors (Lipinski definition) is 4. The minimum absolute atomic E-state index is 0.116. The zero-order valence-electron chi connectivity index (χ0n) is 14.8. The highest BCUT2D eigenvalue weighted by Crippen LogP contribution is 2.31. The van der Waals surface area contributed by atoms with E-state index in [1.165, 1.54) is 18.3 Å². The lowest BCUT2D eigenvalue weighted by Crippen LogP contribution is -2.40. The first kappa shape index (κ1) is 18.2. The molecular weight excluding hydrogens is 385 g/mol. The van der Waals surface area contributed by atoms with Gasteiger partial charge in [-0.3, -0.25) is 9.69 Å². The van der Waals surface area contributed by atoms with Gasteiger partial charge in [0.25, 0.3) is 5.91 Å². The summed E-state index contributed by atoms with van der Waals surface area (Å²) in [6.07, 6.45) is 1.47. The van der Waals surface area contributed by atoms with Crippen molar-refractivity contribution in [3.63, 3.8) is 0 Å². The number of nitrogens with one attached hydrogen (secondary N) is 1. The molecule has 2 aromatic carbocycles. The van der Waals surface area contributed by atoms with Crippen molar-refractivity contribution in [1.29, 1.82) is 0 Å². The molecule has 28 heavy (non-hydrogen) atoms. The molecule has 6 nitrogen and oxygen atoms in total. The van der Waals surface area contributed by atoms with Crippen molar-refractivity contribution in [2.45, 2.75) is 19.0 Å². The van der Waals surface area contributed by atoms with Crippen LogP contribution in [0.3, 0.4) is 0 Å². The van der Waals surface area contributed by atoms with E-state index in [1.54, 1.807) is 43.3 Å². The van der Waals surface area contributed by atoms with Crippen LogP contribution in [-0.4, -0.2) is 21.8 Å². The Hall–Kier alpha value is -3.19. The average molecular weight is 400 g/mol. The van der Waals surface area contributed by atoms with Crippen LogP contribution in [0.25, 0.3) is 11.3 Å². The van der Waals surface area contributed by atoms with Crippen LogP contribution >= 0.6 is 11.6 Å². The molecular formula is C20H15ClFN3O3. The number of aromatic nitrogens is 1. The summed E-state index contributed by atoms with van der Waals surface area (Å²) in [7, 11) is 0. The Morgan fingerprint density at radius 3 is 2.50 bits per heavy atom. The van der Waals surface area contributed by atoms with Crippen molar-refractivity contribution in [2.24, 2.45) is 0 Å². The van der Waals surface area contributed by atoms with Crippen LogP contribution in [0.2, 0.25) is 5.02 Å². The molecule has 8 heteroatoms. The zero-order valence-corrected chi connectivity index (χ0v) is 15.5. The highest BCUT2D eigenvalue weighted by atomic mass is 35.5. The van der Waals surface area contributed by atoms with Crippen molar-refractivity contribution in [3.05, 3.63) is 77.0 Å². The summed E-state index contributed by atoms with van der Waals surface area (Å²) in [5.74, 6) is -0.156. The van der Waals surface area contributed by atoms with Crippen LogP contribution in [-0.2, 0) is 16.9 Å². The van der Waals surface area contributed by atoms with Crippen molar-refractivity contribution in [3.8, 4) is 11.3 Å². The lowest BCUT2D eigenvalue weighted by atomic mass is 9.92. The fourth-order valence-electron chi connectivity index (χ4n) is 3.09. The minimum Gasteiger partial charge on any atom is -0.439 e. The van der Waals surface area contributed by atoms with Gasteiger partial charge in [-0.05, 0) is 48.9 Å². The Morgan fingerprint density at radius 1 is 1.14 bits per heavy atom. The number of carbonyl (C=O) groups excluding carboxylic acids is 2. The second-order valence-corrected chi connectivity index (χ2v) is 7.01. The topological polar surface area (TPSA) is 75.4 Å². The molecule has 1 N–H and O–H groups in total. The van der Waals surface area contributed by atoms with Gasteiger partial charge in [0.15, 0.2) is 5.76 Å². The van der Waals surface area contributed by atoms with Gasteiger partial charge >= 0.3 is 6.03 Å². The van der Waals surface area contributed by atoms with Crippen LogP contribution < -0.4 is 5.32 Å². The monoisotopic (exact) mass is 399 g/mol. The predicted octanol–water partition coefficient (Wildman–Crippen LogP) is 4.10. The lowest BCUT2D eigenvalue weighted by molar-refractivity contribution is -0.131. The number of amides is 3. The molecule has 3 aromatic rings. The summed E-state index contributed by atoms with van der Waals surface area (Å²) in [6, 6.07) is 11.9. The number of urea groups is 1. The molecule has 2 heterocycles. The van der Waals surface area contributed by atoms with E-state index in [9.17, 15) is 14.0 Å². The smallest absolute Gasteiger partial charge is 0.325 e. The van der Waals surface area contributed by atoms with Gasteiger partial charge in [-0.1, -0.05) is 23.7 Å². The highest BCUT2D eigenvalue weighted by molar-refractivity contribution is 6.30. The molecule has 0 aliphatic carbocycles. The predicted molar refractivity (Wildman–Crippen MR) is 99.8 cm³/mol. The molecule has 0 radical (unpaired) electrons. The van der Waals surface area contributed by atoms with Crippen LogP contribution in [0, 0.1) is 5.82 Å². The third kappa shape index (κ3) is 3.14. The SMILES string of the molecule is CC1(c2ccc(Cl)cc2)NC(=O)N(Cc2ncc(-c3ccc(F)cc3)o2)C1=O. The van der Waals surface area contributed by atoms with Crippen LogP contribution in [0.4, 0.5) is 9.18 Å². The molecule has 0 bridgehead atoms. The Bertz CT molecular complexity index is 1050. The highest BCUT2D eigenvalue weighted by Gasteiger charge is 2.49. The van der Waals surface area contributed by atoms with Gasteiger partial charge in [0.05, 0.1) is 6.20 Å². The summed E-state index contributed by atoms with van der Waals surface area (Å²) >= 11 is 5.90. The maximum Gasteiger partial charge on any atom is 0.325 e. The quantitative estimate of drug-likeness (QED) is 0.670. The molecule has 1 saturated heterocycles. The van der Waals surface area contributed by atoms with Gasteiger partial charge in [0.2, 0.25) is 5.89 Å². The Labute approximate surface area is 164 Å². The Balaban J connectivity index is 1.55. The van der Waals surface area contributed by atoms with Crippen molar-refractivity contribution in [1.82, 2.24) is 15.2 Å². The molecule has 1 fully saturated rings. The molecule has 1 atom stereocenters. The van der Waals surface area contributed by atoms with Gasteiger partial charge in [-0.25, -0.2) is 14.2 Å². The van der Waals surface area contributed by atoms with E-state index < -0.39 is 17.5 Å². The fraction of sp³-hybridized carbons (Fsp3) is 0.150. The number of hydrogen-bond donors (Lipinski definition) is 1. The molecule has 3 amide bonds. The minimum atomic E-state index is -1.20. The van der Waals surface area contributed by atoms with E-state index in [0.717, 1.165) is 4.90 Å². The van der Waals surface area contributed by atoms with Crippen molar-refractivity contribution >= 4 is 23.5 Å². The van der Waals surface area contributed by atoms with Crippen LogP contribution in [0.15, 0.2) is 59.1 Å². The maximum atomic E-state index is 13.1. The third-order valence-corrected chi connectivity index (χ3v) is 4.92. The normalized spacial score (nSPS) is 19.2. The number of halogens is 2. The third-order valence-electron chi connectivity index (χ3n) is 4.67. The first-order valence-electron chi connectivity index (χ1n) is 8.47. The molecule has 0 spiro atoms. The van der Waals surface area contributed by atoms with Crippen LogP contribution in [0.1, 0.15) is 18.4 Å². The molecule has 1 aromatic heterocycles. The number of imide groups is 1. The summed E-state index contributed by atoms with van der Waals surface area (Å²) in [5.41, 5.74) is 0.0640. The van der Waals surface area contributed by atoms with Gasteiger partial charge in [-0.15, -0.1) is 0 Å². The number of carbonyl (C=O) groups is 2. The molecule has 1 aliphatic heterocycles. The largest absolute Gasteiger partial charge is 0.439 e. The molecule has 1 unspecified atom stereocenters. The average Bonchev–Trinajstić information content (AvgIpc) is 3.22. The van der Waals surface area contributed by atoms with E-state index in [4.69, 9.17) is 16.0 Å². The van der Waals surface area contributed by atoms with E-state index >= 15 is 0 Å². The Morgan fingerprint density at radius 2 is 1.82 bits per heavy atom. The first-order chi connectivity index (χ1) is 13.4. The first-order valence-corrected chi connectivity index (χ1v) is 8.85. The van der Waals surface area contributed by atoms with E-state index in [2.05, 4.69) is 10.3 Å². The maximum absolute atomic E-state index is 13.1. The summed E-state index contributed by atoms with van der Waals surface area (Å²) in [5, 5.41) is 3.25. The molecule has 142 valence electrons. The van der Waals surface area contributed by atoms with E-state index in [0.29, 0.717) is 21.9 Å².